The van der Waals surface area contributed by atoms with Crippen molar-refractivity contribution < 1.29 is 28.6 Å². The van der Waals surface area contributed by atoms with E-state index in [1.807, 2.05) is 18.2 Å². The molecule has 0 N–H and O–H groups in total. The molecule has 0 saturated carbocycles. The van der Waals surface area contributed by atoms with E-state index < -0.39 is 6.10 Å². The first-order chi connectivity index (χ1) is 31.0. The van der Waals surface area contributed by atoms with Crippen molar-refractivity contribution in [2.24, 2.45) is 0 Å². The zero-order valence-corrected chi connectivity index (χ0v) is 41.1. The van der Waals surface area contributed by atoms with Gasteiger partial charge in [0.2, 0.25) is 0 Å². The Balaban J connectivity index is 4.53. The molecule has 0 spiro atoms. The highest BCUT2D eigenvalue weighted by molar-refractivity contribution is 5.71. The molecule has 0 radical (unpaired) electrons. The number of allylic oxidation sites excluding steroid dienone is 14. The fourth-order valence-electron chi connectivity index (χ4n) is 7.01. The van der Waals surface area contributed by atoms with Gasteiger partial charge >= 0.3 is 17.9 Å². The first-order valence-corrected chi connectivity index (χ1v) is 26.1. The molecule has 0 aromatic carbocycles. The Morgan fingerprint density at radius 3 is 1.03 bits per heavy atom. The second-order valence-corrected chi connectivity index (χ2v) is 17.1. The number of esters is 3. The van der Waals surface area contributed by atoms with E-state index in [4.69, 9.17) is 14.2 Å². The van der Waals surface area contributed by atoms with Crippen molar-refractivity contribution in [2.45, 2.75) is 245 Å². The molecule has 0 aliphatic rings. The summed E-state index contributed by atoms with van der Waals surface area (Å²) < 4.78 is 16.7. The van der Waals surface area contributed by atoms with Crippen LogP contribution in [0, 0.1) is 0 Å². The van der Waals surface area contributed by atoms with E-state index in [1.54, 1.807) is 0 Å². The highest BCUT2D eigenvalue weighted by Crippen LogP contribution is 2.15. The fourth-order valence-corrected chi connectivity index (χ4v) is 7.01. The molecule has 0 fully saturated rings. The Kier molecular flexibility index (Phi) is 48.5. The molecular formula is C57H96O6. The van der Waals surface area contributed by atoms with E-state index in [1.165, 1.54) is 122 Å². The number of hydrogen-bond donors (Lipinski definition) is 0. The van der Waals surface area contributed by atoms with Gasteiger partial charge in [0.25, 0.3) is 0 Å². The van der Waals surface area contributed by atoms with Gasteiger partial charge in [-0.15, -0.1) is 0 Å². The van der Waals surface area contributed by atoms with Crippen LogP contribution >= 0.6 is 0 Å². The summed E-state index contributed by atoms with van der Waals surface area (Å²) in [5, 5.41) is 0. The van der Waals surface area contributed by atoms with Gasteiger partial charge in [0.15, 0.2) is 6.10 Å². The van der Waals surface area contributed by atoms with Crippen LogP contribution in [0.5, 0.6) is 0 Å². The maximum atomic E-state index is 12.8. The van der Waals surface area contributed by atoms with Gasteiger partial charge in [-0.25, -0.2) is 0 Å². The van der Waals surface area contributed by atoms with Crippen molar-refractivity contribution in [1.29, 1.82) is 0 Å². The minimum Gasteiger partial charge on any atom is -0.462 e. The van der Waals surface area contributed by atoms with Crippen molar-refractivity contribution in [1.82, 2.24) is 0 Å². The fraction of sp³-hybridized carbons (Fsp3) is 0.702. The Labute approximate surface area is 388 Å². The number of unbranched alkanes of at least 4 members (excludes halogenated alkanes) is 21. The largest absolute Gasteiger partial charge is 0.462 e. The SMILES string of the molecule is CC/C=C\C/C=C\C/C=C\C/C=C\C/C=C\CCC(=O)OCC(COC(=O)CC/C=C\C/C=C\CCCCCCCC)OC(=O)CCCCCCCCCCCCCCCCCC. The molecule has 1 atom stereocenters. The Morgan fingerprint density at radius 1 is 0.333 bits per heavy atom. The molecule has 0 rings (SSSR count). The molecule has 0 amide bonds. The van der Waals surface area contributed by atoms with Gasteiger partial charge in [-0.05, 0) is 70.6 Å². The number of ether oxygens (including phenoxy) is 3. The normalized spacial score (nSPS) is 12.7. The predicted octanol–water partition coefficient (Wildman–Crippen LogP) is 17.2. The van der Waals surface area contributed by atoms with E-state index in [-0.39, 0.29) is 44.0 Å². The first-order valence-electron chi connectivity index (χ1n) is 26.1. The molecular weight excluding hydrogens is 781 g/mol. The summed E-state index contributed by atoms with van der Waals surface area (Å²) in [5.41, 5.74) is 0. The molecule has 1 unspecified atom stereocenters. The Bertz CT molecular complexity index is 1240. The van der Waals surface area contributed by atoms with Crippen molar-refractivity contribution in [3.05, 3.63) is 85.1 Å². The molecule has 0 bridgehead atoms. The zero-order chi connectivity index (χ0) is 45.8. The number of carbonyl (C=O) groups excluding carboxylic acids is 3. The monoisotopic (exact) mass is 877 g/mol. The molecule has 6 nitrogen and oxygen atoms in total. The van der Waals surface area contributed by atoms with Crippen LogP contribution in [-0.2, 0) is 28.6 Å². The van der Waals surface area contributed by atoms with E-state index in [0.29, 0.717) is 19.3 Å². The molecule has 63 heavy (non-hydrogen) atoms. The third kappa shape index (κ3) is 49.5. The maximum Gasteiger partial charge on any atom is 0.306 e. The number of hydrogen-bond acceptors (Lipinski definition) is 6. The standard InChI is InChI=1S/C57H96O6/c1-4-7-10-13-16-19-22-25-27-29-32-35-38-41-44-47-50-56(59)62-53-54(52-61-55(58)49-46-43-40-37-34-31-24-21-18-15-12-9-6-3)63-57(60)51-48-45-42-39-36-33-30-28-26-23-20-17-14-11-8-5-2/h7,10,16,19,25,27,31-32,34-35,40-41,43-44,54H,4-6,8-9,11-15,17-18,20-24,26,28-30,33,36-39,42,45-53H2,1-3H3/b10-7-,19-16-,27-25-,34-31-,35-32-,43-40-,44-41-. The third-order valence-electron chi connectivity index (χ3n) is 10.9. The quantitative estimate of drug-likeness (QED) is 0.0262. The first kappa shape index (κ1) is 59.6. The van der Waals surface area contributed by atoms with Crippen LogP contribution in [0.1, 0.15) is 239 Å². The lowest BCUT2D eigenvalue weighted by Crippen LogP contribution is -2.30. The zero-order valence-electron chi connectivity index (χ0n) is 41.1. The summed E-state index contributed by atoms with van der Waals surface area (Å²) in [5.74, 6) is -1.07. The van der Waals surface area contributed by atoms with Gasteiger partial charge < -0.3 is 14.2 Å². The van der Waals surface area contributed by atoms with Crippen LogP contribution in [0.2, 0.25) is 0 Å². The number of carbonyl (C=O) groups is 3. The Morgan fingerprint density at radius 2 is 0.651 bits per heavy atom. The molecule has 0 aromatic rings. The topological polar surface area (TPSA) is 78.9 Å². The van der Waals surface area contributed by atoms with Crippen molar-refractivity contribution in [3.8, 4) is 0 Å². The van der Waals surface area contributed by atoms with Gasteiger partial charge in [0.05, 0.1) is 0 Å². The van der Waals surface area contributed by atoms with Gasteiger partial charge in [0.1, 0.15) is 13.2 Å². The van der Waals surface area contributed by atoms with E-state index >= 15 is 0 Å². The van der Waals surface area contributed by atoms with Crippen molar-refractivity contribution in [2.75, 3.05) is 13.2 Å². The second-order valence-electron chi connectivity index (χ2n) is 17.1. The summed E-state index contributed by atoms with van der Waals surface area (Å²) in [4.78, 5) is 37.9. The lowest BCUT2D eigenvalue weighted by atomic mass is 10.0. The van der Waals surface area contributed by atoms with E-state index in [0.717, 1.165) is 64.2 Å². The molecule has 0 aliphatic heterocycles. The molecule has 0 aromatic heterocycles. The highest BCUT2D eigenvalue weighted by Gasteiger charge is 2.19. The minimum absolute atomic E-state index is 0.128. The van der Waals surface area contributed by atoms with Gasteiger partial charge in [-0.3, -0.25) is 14.4 Å². The summed E-state index contributed by atoms with van der Waals surface area (Å²) >= 11 is 0. The summed E-state index contributed by atoms with van der Waals surface area (Å²) in [6.45, 7) is 6.40. The van der Waals surface area contributed by atoms with Crippen LogP contribution in [0.4, 0.5) is 0 Å². The van der Waals surface area contributed by atoms with Crippen LogP contribution in [0.25, 0.3) is 0 Å². The van der Waals surface area contributed by atoms with Gasteiger partial charge in [-0.1, -0.05) is 234 Å². The summed E-state index contributed by atoms with van der Waals surface area (Å²) in [6.07, 6.45) is 65.9. The van der Waals surface area contributed by atoms with E-state index in [9.17, 15) is 14.4 Å². The highest BCUT2D eigenvalue weighted by atomic mass is 16.6. The van der Waals surface area contributed by atoms with Crippen LogP contribution in [0.15, 0.2) is 85.1 Å². The lowest BCUT2D eigenvalue weighted by molar-refractivity contribution is -0.166. The van der Waals surface area contributed by atoms with Gasteiger partial charge in [-0.2, -0.15) is 0 Å². The second kappa shape index (κ2) is 51.2. The van der Waals surface area contributed by atoms with Gasteiger partial charge in [0, 0.05) is 19.3 Å². The average Bonchev–Trinajstić information content (AvgIpc) is 3.28. The average molecular weight is 877 g/mol. The molecule has 0 aliphatic carbocycles. The predicted molar refractivity (Wildman–Crippen MR) is 270 cm³/mol. The lowest BCUT2D eigenvalue weighted by Gasteiger charge is -2.18. The van der Waals surface area contributed by atoms with Crippen LogP contribution in [0.3, 0.4) is 0 Å². The molecule has 0 heterocycles. The van der Waals surface area contributed by atoms with Crippen molar-refractivity contribution in [3.63, 3.8) is 0 Å². The van der Waals surface area contributed by atoms with E-state index in [2.05, 4.69) is 87.6 Å². The Hall–Kier alpha value is -3.41. The summed E-state index contributed by atoms with van der Waals surface area (Å²) in [6, 6.07) is 0. The molecule has 360 valence electrons. The smallest absolute Gasteiger partial charge is 0.306 e. The molecule has 0 saturated heterocycles. The van der Waals surface area contributed by atoms with Crippen LogP contribution in [-0.4, -0.2) is 37.2 Å². The van der Waals surface area contributed by atoms with Crippen LogP contribution < -0.4 is 0 Å². The van der Waals surface area contributed by atoms with Crippen molar-refractivity contribution >= 4 is 17.9 Å². The molecule has 6 heteroatoms. The summed E-state index contributed by atoms with van der Waals surface area (Å²) in [7, 11) is 0. The maximum absolute atomic E-state index is 12.8. The third-order valence-corrected chi connectivity index (χ3v) is 10.9. The minimum atomic E-state index is -0.826. The number of rotatable bonds is 46.